The van der Waals surface area contributed by atoms with E-state index in [1.165, 1.54) is 9.44 Å². The Morgan fingerprint density at radius 3 is 3.06 bits per heavy atom. The molecule has 2 aromatic rings. The molecule has 0 spiro atoms. The van der Waals surface area contributed by atoms with Crippen LogP contribution in [0, 0.1) is 0 Å². The highest BCUT2D eigenvalue weighted by atomic mass is 32.1. The third-order valence-corrected chi connectivity index (χ3v) is 3.78. The van der Waals surface area contributed by atoms with Crippen LogP contribution in [0.15, 0.2) is 34.7 Å². The number of hydrogen-bond acceptors (Lipinski definition) is 4. The van der Waals surface area contributed by atoms with Gasteiger partial charge in [-0.1, -0.05) is 19.4 Å². The minimum atomic E-state index is -0.0878. The highest BCUT2D eigenvalue weighted by molar-refractivity contribution is 7.10. The van der Waals surface area contributed by atoms with Crippen LogP contribution in [-0.2, 0) is 7.05 Å². The van der Waals surface area contributed by atoms with Gasteiger partial charge in [0.25, 0.3) is 5.56 Å². The summed E-state index contributed by atoms with van der Waals surface area (Å²) < 4.78 is 1.53. The molecular formula is C13H17N3OS. The maximum absolute atomic E-state index is 11.9. The van der Waals surface area contributed by atoms with E-state index in [1.54, 1.807) is 30.8 Å². The average molecular weight is 263 g/mol. The Morgan fingerprint density at radius 2 is 2.39 bits per heavy atom. The van der Waals surface area contributed by atoms with Gasteiger partial charge in [0.15, 0.2) is 5.82 Å². The van der Waals surface area contributed by atoms with Crippen LogP contribution in [0.2, 0.25) is 0 Å². The van der Waals surface area contributed by atoms with Crippen molar-refractivity contribution in [3.05, 3.63) is 45.1 Å². The maximum Gasteiger partial charge on any atom is 0.293 e. The quantitative estimate of drug-likeness (QED) is 0.902. The largest absolute Gasteiger partial charge is 0.358 e. The number of aromatic nitrogens is 2. The van der Waals surface area contributed by atoms with Gasteiger partial charge < -0.3 is 9.88 Å². The molecule has 4 nitrogen and oxygen atoms in total. The second-order valence-corrected chi connectivity index (χ2v) is 5.17. The summed E-state index contributed by atoms with van der Waals surface area (Å²) in [4.78, 5) is 17.3. The molecule has 1 N–H and O–H groups in total. The number of anilines is 1. The second-order valence-electron chi connectivity index (χ2n) is 4.19. The van der Waals surface area contributed by atoms with Crippen molar-refractivity contribution in [2.24, 2.45) is 7.05 Å². The summed E-state index contributed by atoms with van der Waals surface area (Å²) in [5.41, 5.74) is -0.0878. The van der Waals surface area contributed by atoms with Crippen molar-refractivity contribution in [2.75, 3.05) is 5.32 Å². The van der Waals surface area contributed by atoms with Gasteiger partial charge in [-0.15, -0.1) is 11.3 Å². The smallest absolute Gasteiger partial charge is 0.293 e. The van der Waals surface area contributed by atoms with Crippen LogP contribution in [0.4, 0.5) is 5.82 Å². The lowest BCUT2D eigenvalue weighted by atomic mass is 10.1. The first kappa shape index (κ1) is 12.8. The van der Waals surface area contributed by atoms with Gasteiger partial charge in [-0.2, -0.15) is 0 Å². The molecule has 0 bridgehead atoms. The Bertz CT molecular complexity index is 548. The van der Waals surface area contributed by atoms with E-state index >= 15 is 0 Å². The zero-order chi connectivity index (χ0) is 13.0. The summed E-state index contributed by atoms with van der Waals surface area (Å²) in [5.74, 6) is 0.423. The van der Waals surface area contributed by atoms with Crippen LogP contribution in [0.25, 0.3) is 0 Å². The Hall–Kier alpha value is -1.62. The van der Waals surface area contributed by atoms with Crippen molar-refractivity contribution in [1.82, 2.24) is 9.55 Å². The second kappa shape index (κ2) is 5.82. The summed E-state index contributed by atoms with van der Waals surface area (Å²) in [5, 5.41) is 5.31. The van der Waals surface area contributed by atoms with E-state index in [2.05, 4.69) is 28.7 Å². The number of thiophene rings is 1. The van der Waals surface area contributed by atoms with Crippen LogP contribution >= 0.6 is 11.3 Å². The highest BCUT2D eigenvalue weighted by Gasteiger charge is 2.14. The fraction of sp³-hybridized carbons (Fsp3) is 0.385. The van der Waals surface area contributed by atoms with Crippen LogP contribution in [-0.4, -0.2) is 9.55 Å². The van der Waals surface area contributed by atoms with Gasteiger partial charge in [0.2, 0.25) is 0 Å². The van der Waals surface area contributed by atoms with Crippen molar-refractivity contribution in [3.63, 3.8) is 0 Å². The lowest BCUT2D eigenvalue weighted by Crippen LogP contribution is -2.23. The van der Waals surface area contributed by atoms with Gasteiger partial charge in [-0.05, 0) is 17.9 Å². The molecule has 5 heteroatoms. The number of nitrogens with zero attached hydrogens (tertiary/aromatic N) is 2. The van der Waals surface area contributed by atoms with Crippen LogP contribution in [0.5, 0.6) is 0 Å². The topological polar surface area (TPSA) is 46.9 Å². The van der Waals surface area contributed by atoms with Gasteiger partial charge in [0.1, 0.15) is 0 Å². The predicted octanol–water partition coefficient (Wildman–Crippen LogP) is 2.80. The van der Waals surface area contributed by atoms with E-state index in [9.17, 15) is 4.79 Å². The van der Waals surface area contributed by atoms with Crippen molar-refractivity contribution < 1.29 is 0 Å². The molecule has 0 aliphatic rings. The molecule has 0 aromatic carbocycles. The molecule has 2 heterocycles. The molecule has 2 rings (SSSR count). The van der Waals surface area contributed by atoms with E-state index in [0.717, 1.165) is 12.8 Å². The third-order valence-electron chi connectivity index (χ3n) is 2.79. The normalized spacial score (nSPS) is 12.3. The van der Waals surface area contributed by atoms with Crippen molar-refractivity contribution in [3.8, 4) is 0 Å². The Labute approximate surface area is 110 Å². The van der Waals surface area contributed by atoms with Crippen molar-refractivity contribution >= 4 is 17.2 Å². The van der Waals surface area contributed by atoms with Crippen LogP contribution < -0.4 is 10.9 Å². The minimum absolute atomic E-state index is 0.0878. The Kier molecular flexibility index (Phi) is 4.15. The van der Waals surface area contributed by atoms with Gasteiger partial charge in [0.05, 0.1) is 6.04 Å². The number of nitrogens with one attached hydrogen (secondary N) is 1. The van der Waals surface area contributed by atoms with Gasteiger partial charge in [-0.3, -0.25) is 4.79 Å². The molecule has 0 amide bonds. The fourth-order valence-electron chi connectivity index (χ4n) is 1.83. The molecule has 96 valence electrons. The first-order valence-electron chi connectivity index (χ1n) is 6.04. The summed E-state index contributed by atoms with van der Waals surface area (Å²) in [6, 6.07) is 4.28. The molecule has 2 aromatic heterocycles. The molecule has 0 aliphatic heterocycles. The summed E-state index contributed by atoms with van der Waals surface area (Å²) in [6.07, 6.45) is 5.34. The standard InChI is InChI=1S/C13H17N3OS/c1-3-5-10(11-6-4-9-18-11)15-12-13(17)16(2)8-7-14-12/h4,6-10H,3,5H2,1-2H3,(H,14,15). The monoisotopic (exact) mass is 263 g/mol. The third kappa shape index (κ3) is 2.79. The zero-order valence-electron chi connectivity index (χ0n) is 10.6. The number of rotatable bonds is 5. The zero-order valence-corrected chi connectivity index (χ0v) is 11.4. The molecule has 0 saturated carbocycles. The van der Waals surface area contributed by atoms with Gasteiger partial charge >= 0.3 is 0 Å². The number of hydrogen-bond donors (Lipinski definition) is 1. The fourth-order valence-corrected chi connectivity index (χ4v) is 2.64. The maximum atomic E-state index is 11.9. The molecule has 0 aliphatic carbocycles. The molecular weight excluding hydrogens is 246 g/mol. The Morgan fingerprint density at radius 1 is 1.56 bits per heavy atom. The highest BCUT2D eigenvalue weighted by Crippen LogP contribution is 2.25. The predicted molar refractivity (Wildman–Crippen MR) is 75.1 cm³/mol. The van der Waals surface area contributed by atoms with E-state index in [-0.39, 0.29) is 11.6 Å². The summed E-state index contributed by atoms with van der Waals surface area (Å²) >= 11 is 1.70. The van der Waals surface area contributed by atoms with E-state index in [1.807, 2.05) is 6.07 Å². The molecule has 0 radical (unpaired) electrons. The first-order valence-corrected chi connectivity index (χ1v) is 6.92. The molecule has 0 saturated heterocycles. The van der Waals surface area contributed by atoms with Crippen LogP contribution in [0.3, 0.4) is 0 Å². The summed E-state index contributed by atoms with van der Waals surface area (Å²) in [6.45, 7) is 2.14. The minimum Gasteiger partial charge on any atom is -0.358 e. The Balaban J connectivity index is 2.24. The lowest BCUT2D eigenvalue weighted by Gasteiger charge is -2.17. The molecule has 1 unspecified atom stereocenters. The van der Waals surface area contributed by atoms with Crippen LogP contribution in [0.1, 0.15) is 30.7 Å². The van der Waals surface area contributed by atoms with Crippen molar-refractivity contribution in [2.45, 2.75) is 25.8 Å². The SMILES string of the molecule is CCCC(Nc1nccn(C)c1=O)c1cccs1. The summed E-state index contributed by atoms with van der Waals surface area (Å²) in [7, 11) is 1.73. The first-order chi connectivity index (χ1) is 8.72. The van der Waals surface area contributed by atoms with E-state index in [4.69, 9.17) is 0 Å². The van der Waals surface area contributed by atoms with Gasteiger partial charge in [-0.25, -0.2) is 4.98 Å². The van der Waals surface area contributed by atoms with E-state index in [0.29, 0.717) is 5.82 Å². The molecule has 18 heavy (non-hydrogen) atoms. The lowest BCUT2D eigenvalue weighted by molar-refractivity contribution is 0.679. The molecule has 1 atom stereocenters. The van der Waals surface area contributed by atoms with Crippen molar-refractivity contribution in [1.29, 1.82) is 0 Å². The van der Waals surface area contributed by atoms with Gasteiger partial charge in [0, 0.05) is 24.3 Å². The average Bonchev–Trinajstić information content (AvgIpc) is 2.88. The number of aryl methyl sites for hydroxylation is 1. The molecule has 0 fully saturated rings. The van der Waals surface area contributed by atoms with E-state index < -0.39 is 0 Å².